The molecule has 1 aromatic carbocycles. The highest BCUT2D eigenvalue weighted by Gasteiger charge is 2.15. The van der Waals surface area contributed by atoms with E-state index in [1.54, 1.807) is 0 Å². The second-order valence-corrected chi connectivity index (χ2v) is 5.04. The molecule has 0 bridgehead atoms. The van der Waals surface area contributed by atoms with Crippen molar-refractivity contribution in [2.24, 2.45) is 0 Å². The lowest BCUT2D eigenvalue weighted by Gasteiger charge is -2.25. The lowest BCUT2D eigenvalue weighted by Crippen LogP contribution is -2.29. The summed E-state index contributed by atoms with van der Waals surface area (Å²) < 4.78 is 5.31. The average molecular weight is 251 g/mol. The normalized spacial score (nSPS) is 17.7. The van der Waals surface area contributed by atoms with Crippen LogP contribution in [-0.2, 0) is 6.54 Å². The fourth-order valence-electron chi connectivity index (χ4n) is 2.41. The van der Waals surface area contributed by atoms with Gasteiger partial charge >= 0.3 is 0 Å². The van der Waals surface area contributed by atoms with E-state index in [-0.39, 0.29) is 0 Å². The van der Waals surface area contributed by atoms with Crippen LogP contribution in [0.1, 0.15) is 25.0 Å². The molecule has 0 spiro atoms. The Morgan fingerprint density at radius 1 is 1.24 bits per heavy atom. The summed E-state index contributed by atoms with van der Waals surface area (Å²) >= 11 is 5.92. The van der Waals surface area contributed by atoms with Crippen LogP contribution >= 0.6 is 11.6 Å². The number of piperidine rings is 1. The van der Waals surface area contributed by atoms with E-state index in [0.29, 0.717) is 5.02 Å². The van der Waals surface area contributed by atoms with E-state index in [1.807, 2.05) is 18.2 Å². The Bertz CT molecular complexity index is 517. The SMILES string of the molecule is Clc1ccc2c(CN3CCCCC3)noc2c1. The summed E-state index contributed by atoms with van der Waals surface area (Å²) in [6, 6.07) is 5.71. The van der Waals surface area contributed by atoms with Gasteiger partial charge in [-0.2, -0.15) is 0 Å². The molecule has 0 atom stereocenters. The Morgan fingerprint density at radius 3 is 2.88 bits per heavy atom. The maximum absolute atomic E-state index is 5.92. The van der Waals surface area contributed by atoms with Gasteiger partial charge in [0.05, 0.1) is 0 Å². The molecule has 0 radical (unpaired) electrons. The van der Waals surface area contributed by atoms with Crippen molar-refractivity contribution >= 4 is 22.6 Å². The maximum atomic E-state index is 5.92. The number of hydrogen-bond acceptors (Lipinski definition) is 3. The van der Waals surface area contributed by atoms with Crippen molar-refractivity contribution in [2.75, 3.05) is 13.1 Å². The smallest absolute Gasteiger partial charge is 0.168 e. The van der Waals surface area contributed by atoms with Crippen molar-refractivity contribution in [3.63, 3.8) is 0 Å². The molecule has 1 aromatic heterocycles. The van der Waals surface area contributed by atoms with Gasteiger partial charge in [0, 0.05) is 23.0 Å². The van der Waals surface area contributed by atoms with Gasteiger partial charge in [0.2, 0.25) is 0 Å². The van der Waals surface area contributed by atoms with Gasteiger partial charge in [0.25, 0.3) is 0 Å². The van der Waals surface area contributed by atoms with E-state index in [0.717, 1.165) is 23.2 Å². The number of benzene rings is 1. The molecule has 0 saturated carbocycles. The molecule has 3 rings (SSSR count). The van der Waals surface area contributed by atoms with E-state index in [1.165, 1.54) is 32.4 Å². The molecule has 1 aliphatic rings. The first-order chi connectivity index (χ1) is 8.33. The second kappa shape index (κ2) is 4.67. The van der Waals surface area contributed by atoms with Crippen LogP contribution in [0.25, 0.3) is 11.0 Å². The summed E-state index contributed by atoms with van der Waals surface area (Å²) in [7, 11) is 0. The number of hydrogen-bond donors (Lipinski definition) is 0. The summed E-state index contributed by atoms with van der Waals surface area (Å²) in [5, 5.41) is 5.93. The van der Waals surface area contributed by atoms with Gasteiger partial charge in [-0.25, -0.2) is 0 Å². The molecule has 1 aliphatic heterocycles. The Balaban J connectivity index is 1.84. The largest absolute Gasteiger partial charge is 0.356 e. The minimum atomic E-state index is 0.693. The van der Waals surface area contributed by atoms with Crippen LogP contribution in [0.4, 0.5) is 0 Å². The van der Waals surface area contributed by atoms with E-state index < -0.39 is 0 Å². The summed E-state index contributed by atoms with van der Waals surface area (Å²) in [4.78, 5) is 2.44. The van der Waals surface area contributed by atoms with Crippen LogP contribution in [0.2, 0.25) is 5.02 Å². The quantitative estimate of drug-likeness (QED) is 0.817. The lowest BCUT2D eigenvalue weighted by atomic mass is 10.1. The maximum Gasteiger partial charge on any atom is 0.168 e. The van der Waals surface area contributed by atoms with Crippen LogP contribution in [-0.4, -0.2) is 23.1 Å². The number of fused-ring (bicyclic) bond motifs is 1. The predicted molar refractivity (Wildman–Crippen MR) is 68.1 cm³/mol. The molecule has 0 N–H and O–H groups in total. The van der Waals surface area contributed by atoms with Gasteiger partial charge in [0.1, 0.15) is 5.69 Å². The minimum absolute atomic E-state index is 0.693. The Morgan fingerprint density at radius 2 is 2.06 bits per heavy atom. The molecule has 1 saturated heterocycles. The number of halogens is 1. The zero-order chi connectivity index (χ0) is 11.7. The summed E-state index contributed by atoms with van der Waals surface area (Å²) in [6.45, 7) is 3.22. The van der Waals surface area contributed by atoms with Crippen LogP contribution in [0.15, 0.2) is 22.7 Å². The molecule has 0 aliphatic carbocycles. The average Bonchev–Trinajstić information content (AvgIpc) is 2.73. The van der Waals surface area contributed by atoms with Crippen molar-refractivity contribution in [1.82, 2.24) is 10.1 Å². The highest BCUT2D eigenvalue weighted by molar-refractivity contribution is 6.31. The standard InChI is InChI=1S/C13H15ClN2O/c14-10-4-5-11-12(15-17-13(11)8-10)9-16-6-2-1-3-7-16/h4-5,8H,1-3,6-7,9H2. The molecule has 2 heterocycles. The highest BCUT2D eigenvalue weighted by Crippen LogP contribution is 2.24. The van der Waals surface area contributed by atoms with Crippen molar-refractivity contribution in [1.29, 1.82) is 0 Å². The number of rotatable bonds is 2. The van der Waals surface area contributed by atoms with E-state index in [4.69, 9.17) is 16.1 Å². The summed E-state index contributed by atoms with van der Waals surface area (Å²) in [5.74, 6) is 0. The van der Waals surface area contributed by atoms with Gasteiger partial charge < -0.3 is 4.52 Å². The summed E-state index contributed by atoms with van der Waals surface area (Å²) in [6.07, 6.45) is 3.94. The van der Waals surface area contributed by atoms with Gasteiger partial charge in [-0.3, -0.25) is 4.90 Å². The van der Waals surface area contributed by atoms with E-state index >= 15 is 0 Å². The number of nitrogens with zero attached hydrogens (tertiary/aromatic N) is 2. The number of likely N-dealkylation sites (tertiary alicyclic amines) is 1. The lowest BCUT2D eigenvalue weighted by molar-refractivity contribution is 0.216. The Kier molecular flexibility index (Phi) is 3.04. The molecule has 17 heavy (non-hydrogen) atoms. The fraction of sp³-hybridized carbons (Fsp3) is 0.462. The zero-order valence-electron chi connectivity index (χ0n) is 9.66. The number of aromatic nitrogens is 1. The topological polar surface area (TPSA) is 29.3 Å². The highest BCUT2D eigenvalue weighted by atomic mass is 35.5. The van der Waals surface area contributed by atoms with Crippen LogP contribution in [0, 0.1) is 0 Å². The molecule has 4 heteroatoms. The van der Waals surface area contributed by atoms with Gasteiger partial charge in [-0.05, 0) is 38.1 Å². The van der Waals surface area contributed by atoms with Crippen LogP contribution < -0.4 is 0 Å². The zero-order valence-corrected chi connectivity index (χ0v) is 10.4. The first-order valence-electron chi connectivity index (χ1n) is 6.09. The molecule has 0 amide bonds. The van der Waals surface area contributed by atoms with Gasteiger partial charge in [-0.1, -0.05) is 23.2 Å². The Hall–Kier alpha value is -1.06. The third kappa shape index (κ3) is 2.31. The predicted octanol–water partition coefficient (Wildman–Crippen LogP) is 3.47. The van der Waals surface area contributed by atoms with Crippen LogP contribution in [0.3, 0.4) is 0 Å². The van der Waals surface area contributed by atoms with Crippen LogP contribution in [0.5, 0.6) is 0 Å². The molecule has 0 unspecified atom stereocenters. The molecular weight excluding hydrogens is 236 g/mol. The van der Waals surface area contributed by atoms with E-state index in [2.05, 4.69) is 10.1 Å². The third-order valence-electron chi connectivity index (χ3n) is 3.33. The fourth-order valence-corrected chi connectivity index (χ4v) is 2.57. The Labute approximate surface area is 105 Å². The van der Waals surface area contributed by atoms with Crippen molar-refractivity contribution < 1.29 is 4.52 Å². The van der Waals surface area contributed by atoms with Gasteiger partial charge in [0.15, 0.2) is 5.58 Å². The molecule has 2 aromatic rings. The first-order valence-corrected chi connectivity index (χ1v) is 6.47. The first kappa shape index (κ1) is 11.1. The third-order valence-corrected chi connectivity index (χ3v) is 3.57. The monoisotopic (exact) mass is 250 g/mol. The molecule has 1 fully saturated rings. The molecular formula is C13H15ClN2O. The molecule has 90 valence electrons. The van der Waals surface area contributed by atoms with Gasteiger partial charge in [-0.15, -0.1) is 0 Å². The minimum Gasteiger partial charge on any atom is -0.356 e. The molecule has 3 nitrogen and oxygen atoms in total. The van der Waals surface area contributed by atoms with Crippen molar-refractivity contribution in [3.05, 3.63) is 28.9 Å². The second-order valence-electron chi connectivity index (χ2n) is 4.61. The van der Waals surface area contributed by atoms with E-state index in [9.17, 15) is 0 Å². The van der Waals surface area contributed by atoms with Crippen molar-refractivity contribution in [3.8, 4) is 0 Å². The summed E-state index contributed by atoms with van der Waals surface area (Å²) in [5.41, 5.74) is 1.81. The van der Waals surface area contributed by atoms with Crippen molar-refractivity contribution in [2.45, 2.75) is 25.8 Å².